The molecule has 5 nitrogen and oxygen atoms in total. The molecule has 0 heterocycles. The molecule has 1 atom stereocenters. The van der Waals surface area contributed by atoms with Crippen LogP contribution in [-0.4, -0.2) is 46.8 Å². The summed E-state index contributed by atoms with van der Waals surface area (Å²) in [4.78, 5) is 13.6. The second-order valence-corrected chi connectivity index (χ2v) is 4.27. The molecular weight excluding hydrogens is 244 g/mol. The second kappa shape index (κ2) is 7.56. The number of hydrogen-bond donors (Lipinski definition) is 3. The Hall–Kier alpha value is -1.85. The van der Waals surface area contributed by atoms with E-state index in [0.29, 0.717) is 13.0 Å². The molecule has 0 saturated heterocycles. The summed E-state index contributed by atoms with van der Waals surface area (Å²) in [6.45, 7) is 4.08. The Morgan fingerprint density at radius 1 is 1.42 bits per heavy atom. The van der Waals surface area contributed by atoms with Gasteiger partial charge in [-0.05, 0) is 24.1 Å². The van der Waals surface area contributed by atoms with Crippen molar-refractivity contribution in [2.24, 2.45) is 5.73 Å². The molecule has 0 fully saturated rings. The number of phenols is 1. The van der Waals surface area contributed by atoms with Crippen molar-refractivity contribution in [3.8, 4) is 5.75 Å². The Kier molecular flexibility index (Phi) is 6.05. The third kappa shape index (κ3) is 4.73. The van der Waals surface area contributed by atoms with Crippen LogP contribution in [0.1, 0.15) is 5.56 Å². The summed E-state index contributed by atoms with van der Waals surface area (Å²) >= 11 is 0. The summed E-state index contributed by atoms with van der Waals surface area (Å²) in [5.41, 5.74) is 6.76. The Labute approximate surface area is 113 Å². The fourth-order valence-corrected chi connectivity index (χ4v) is 1.78. The molecule has 0 aromatic heterocycles. The minimum Gasteiger partial charge on any atom is -0.508 e. The van der Waals surface area contributed by atoms with Gasteiger partial charge in [-0.25, -0.2) is 0 Å². The molecule has 4 N–H and O–H groups in total. The molecule has 104 valence electrons. The number of benzene rings is 1. The fraction of sp³-hybridized carbons (Fsp3) is 0.357. The van der Waals surface area contributed by atoms with E-state index in [1.54, 1.807) is 30.3 Å². The number of carbonyl (C=O) groups excluding carboxylic acids is 1. The highest BCUT2D eigenvalue weighted by atomic mass is 16.3. The molecule has 1 rings (SSSR count). The van der Waals surface area contributed by atoms with Gasteiger partial charge in [0.15, 0.2) is 0 Å². The summed E-state index contributed by atoms with van der Waals surface area (Å²) in [5, 5.41) is 18.1. The Morgan fingerprint density at radius 3 is 2.58 bits per heavy atom. The lowest BCUT2D eigenvalue weighted by molar-refractivity contribution is -0.132. The lowest BCUT2D eigenvalue weighted by atomic mass is 10.1. The number of phenolic OH excluding ortho intramolecular Hbond substituents is 1. The average Bonchev–Trinajstić information content (AvgIpc) is 2.40. The second-order valence-electron chi connectivity index (χ2n) is 4.27. The molecule has 0 spiro atoms. The van der Waals surface area contributed by atoms with E-state index >= 15 is 0 Å². The van der Waals surface area contributed by atoms with Crippen LogP contribution in [0.3, 0.4) is 0 Å². The van der Waals surface area contributed by atoms with Gasteiger partial charge < -0.3 is 20.8 Å². The molecule has 0 aliphatic rings. The first-order valence-corrected chi connectivity index (χ1v) is 6.12. The largest absolute Gasteiger partial charge is 0.508 e. The molecule has 0 aliphatic heterocycles. The minimum atomic E-state index is -0.670. The van der Waals surface area contributed by atoms with Crippen molar-refractivity contribution in [3.05, 3.63) is 42.5 Å². The van der Waals surface area contributed by atoms with Gasteiger partial charge in [-0.15, -0.1) is 6.58 Å². The van der Waals surface area contributed by atoms with Crippen LogP contribution in [0.15, 0.2) is 36.9 Å². The Balaban J connectivity index is 2.64. The highest BCUT2D eigenvalue weighted by molar-refractivity contribution is 5.82. The van der Waals surface area contributed by atoms with Gasteiger partial charge in [0.05, 0.1) is 12.6 Å². The standard InChI is InChI=1S/C14H20N2O3/c1-2-7-16(8-9-17)14(19)13(15)10-11-3-5-12(18)6-4-11/h2-6,13,17-18H,1,7-10,15H2/t13-/m0/s1. The van der Waals surface area contributed by atoms with E-state index in [0.717, 1.165) is 5.56 Å². The normalized spacial score (nSPS) is 11.9. The van der Waals surface area contributed by atoms with Crippen LogP contribution >= 0.6 is 0 Å². The molecule has 0 unspecified atom stereocenters. The predicted molar refractivity (Wildman–Crippen MR) is 73.6 cm³/mol. The zero-order valence-electron chi connectivity index (χ0n) is 10.8. The number of aromatic hydroxyl groups is 1. The van der Waals surface area contributed by atoms with Crippen LogP contribution in [0.4, 0.5) is 0 Å². The van der Waals surface area contributed by atoms with E-state index < -0.39 is 6.04 Å². The summed E-state index contributed by atoms with van der Waals surface area (Å²) in [6.07, 6.45) is 1.99. The SMILES string of the molecule is C=CCN(CCO)C(=O)[C@@H](N)Cc1ccc(O)cc1. The van der Waals surface area contributed by atoms with Gasteiger partial charge in [-0.2, -0.15) is 0 Å². The van der Waals surface area contributed by atoms with Crippen LogP contribution < -0.4 is 5.73 Å². The first-order chi connectivity index (χ1) is 9.08. The number of aliphatic hydroxyl groups is 1. The van der Waals surface area contributed by atoms with Gasteiger partial charge >= 0.3 is 0 Å². The zero-order chi connectivity index (χ0) is 14.3. The third-order valence-corrected chi connectivity index (χ3v) is 2.74. The van der Waals surface area contributed by atoms with E-state index in [4.69, 9.17) is 10.8 Å². The van der Waals surface area contributed by atoms with Gasteiger partial charge in [0.1, 0.15) is 5.75 Å². The lowest BCUT2D eigenvalue weighted by Gasteiger charge is -2.23. The number of aliphatic hydroxyl groups excluding tert-OH is 1. The first-order valence-electron chi connectivity index (χ1n) is 6.12. The average molecular weight is 264 g/mol. The van der Waals surface area contributed by atoms with Crippen LogP contribution in [0.25, 0.3) is 0 Å². The van der Waals surface area contributed by atoms with E-state index in [9.17, 15) is 9.90 Å². The smallest absolute Gasteiger partial charge is 0.240 e. The van der Waals surface area contributed by atoms with Crippen molar-refractivity contribution in [2.45, 2.75) is 12.5 Å². The summed E-state index contributed by atoms with van der Waals surface area (Å²) in [6, 6.07) is 5.90. The lowest BCUT2D eigenvalue weighted by Crippen LogP contribution is -2.46. The molecule has 0 bridgehead atoms. The molecule has 0 radical (unpaired) electrons. The Bertz CT molecular complexity index is 417. The molecule has 5 heteroatoms. The summed E-state index contributed by atoms with van der Waals surface area (Å²) in [5.74, 6) is -0.0424. The molecule has 0 aliphatic carbocycles. The monoisotopic (exact) mass is 264 g/mol. The van der Waals surface area contributed by atoms with E-state index in [1.165, 1.54) is 4.90 Å². The van der Waals surface area contributed by atoms with Gasteiger partial charge in [-0.1, -0.05) is 18.2 Å². The first kappa shape index (κ1) is 15.2. The van der Waals surface area contributed by atoms with Crippen molar-refractivity contribution in [1.29, 1.82) is 0 Å². The molecule has 1 aromatic rings. The van der Waals surface area contributed by atoms with Gasteiger partial charge in [-0.3, -0.25) is 4.79 Å². The highest BCUT2D eigenvalue weighted by Crippen LogP contribution is 2.11. The van der Waals surface area contributed by atoms with E-state index in [2.05, 4.69) is 6.58 Å². The summed E-state index contributed by atoms with van der Waals surface area (Å²) < 4.78 is 0. The number of carbonyl (C=O) groups is 1. The maximum atomic E-state index is 12.1. The fourth-order valence-electron chi connectivity index (χ4n) is 1.78. The molecule has 19 heavy (non-hydrogen) atoms. The van der Waals surface area contributed by atoms with E-state index in [-0.39, 0.29) is 24.8 Å². The Morgan fingerprint density at radius 2 is 2.05 bits per heavy atom. The molecular formula is C14H20N2O3. The molecule has 0 saturated carbocycles. The van der Waals surface area contributed by atoms with Gasteiger partial charge in [0.25, 0.3) is 0 Å². The van der Waals surface area contributed by atoms with Crippen LogP contribution in [0.2, 0.25) is 0 Å². The quantitative estimate of drug-likeness (QED) is 0.617. The van der Waals surface area contributed by atoms with E-state index in [1.807, 2.05) is 0 Å². The topological polar surface area (TPSA) is 86.8 Å². The number of hydrogen-bond acceptors (Lipinski definition) is 4. The number of rotatable bonds is 7. The molecule has 1 aromatic carbocycles. The number of nitrogens with zero attached hydrogens (tertiary/aromatic N) is 1. The van der Waals surface area contributed by atoms with Crippen molar-refractivity contribution in [2.75, 3.05) is 19.7 Å². The van der Waals surface area contributed by atoms with Crippen molar-refractivity contribution in [3.63, 3.8) is 0 Å². The minimum absolute atomic E-state index is 0.106. The third-order valence-electron chi connectivity index (χ3n) is 2.74. The van der Waals surface area contributed by atoms with Crippen LogP contribution in [-0.2, 0) is 11.2 Å². The van der Waals surface area contributed by atoms with Gasteiger partial charge in [0, 0.05) is 13.1 Å². The number of amides is 1. The van der Waals surface area contributed by atoms with Crippen molar-refractivity contribution < 1.29 is 15.0 Å². The number of nitrogens with two attached hydrogens (primary N) is 1. The predicted octanol–water partition coefficient (Wildman–Crippen LogP) is 0.269. The highest BCUT2D eigenvalue weighted by Gasteiger charge is 2.20. The van der Waals surface area contributed by atoms with Crippen molar-refractivity contribution >= 4 is 5.91 Å². The van der Waals surface area contributed by atoms with Gasteiger partial charge in [0.2, 0.25) is 5.91 Å². The zero-order valence-corrected chi connectivity index (χ0v) is 10.8. The van der Waals surface area contributed by atoms with Crippen LogP contribution in [0.5, 0.6) is 5.75 Å². The van der Waals surface area contributed by atoms with Crippen LogP contribution in [0, 0.1) is 0 Å². The maximum absolute atomic E-state index is 12.1. The summed E-state index contributed by atoms with van der Waals surface area (Å²) in [7, 11) is 0. The van der Waals surface area contributed by atoms with Crippen molar-refractivity contribution in [1.82, 2.24) is 4.90 Å². The molecule has 1 amide bonds. The maximum Gasteiger partial charge on any atom is 0.240 e.